The predicted octanol–water partition coefficient (Wildman–Crippen LogP) is 3.35. The van der Waals surface area contributed by atoms with Crippen molar-refractivity contribution in [2.75, 3.05) is 11.5 Å². The molecule has 0 aliphatic carbocycles. The number of nitrogen functional groups attached to an aromatic ring is 1. The number of halogens is 1. The summed E-state index contributed by atoms with van der Waals surface area (Å²) in [6.45, 7) is 0. The molecular weight excluding hydrogens is 296 g/mol. The topological polar surface area (TPSA) is 76.2 Å². The Bertz CT molecular complexity index is 617. The summed E-state index contributed by atoms with van der Waals surface area (Å²) in [5.74, 6) is -0.265. The number of carboxylic acid groups (broad SMARTS) is 1. The molecule has 0 bridgehead atoms. The average molecular weight is 309 g/mol. The number of rotatable bonds is 5. The zero-order chi connectivity index (χ0) is 14.5. The molecule has 2 aromatic rings. The number of aromatic nitrogens is 1. The summed E-state index contributed by atoms with van der Waals surface area (Å²) in [5, 5.41) is 10.5. The van der Waals surface area contributed by atoms with Crippen LogP contribution in [0.3, 0.4) is 0 Å². The average Bonchev–Trinajstić information content (AvgIpc) is 2.42. The Kier molecular flexibility index (Phi) is 4.87. The second kappa shape index (κ2) is 6.63. The third-order valence-corrected chi connectivity index (χ3v) is 4.01. The molecule has 0 aliphatic rings. The van der Waals surface area contributed by atoms with Gasteiger partial charge in [0.25, 0.3) is 0 Å². The lowest BCUT2D eigenvalue weighted by Gasteiger charge is -2.08. The molecule has 0 spiro atoms. The number of thioether (sulfide) groups is 1. The van der Waals surface area contributed by atoms with E-state index in [1.807, 2.05) is 6.07 Å². The lowest BCUT2D eigenvalue weighted by Crippen LogP contribution is -2.04. The van der Waals surface area contributed by atoms with Gasteiger partial charge in [0.1, 0.15) is 0 Å². The van der Waals surface area contributed by atoms with Gasteiger partial charge in [-0.2, -0.15) is 0 Å². The molecule has 0 saturated carbocycles. The van der Waals surface area contributed by atoms with Crippen LogP contribution >= 0.6 is 23.4 Å². The Morgan fingerprint density at radius 1 is 1.35 bits per heavy atom. The van der Waals surface area contributed by atoms with Crippen molar-refractivity contribution in [2.24, 2.45) is 0 Å². The SMILES string of the molecule is Nc1ccc(SCCc2c(Cl)cccc2C(=O)O)nc1. The number of carboxylic acids is 1. The molecule has 104 valence electrons. The van der Waals surface area contributed by atoms with Crippen molar-refractivity contribution in [2.45, 2.75) is 11.4 Å². The molecular formula is C14H13ClN2O2S. The van der Waals surface area contributed by atoms with E-state index in [1.54, 1.807) is 30.5 Å². The molecule has 20 heavy (non-hydrogen) atoms. The zero-order valence-electron chi connectivity index (χ0n) is 10.5. The van der Waals surface area contributed by atoms with Crippen molar-refractivity contribution in [1.29, 1.82) is 0 Å². The maximum atomic E-state index is 11.2. The number of aromatic carboxylic acids is 1. The van der Waals surface area contributed by atoms with Gasteiger partial charge in [-0.15, -0.1) is 11.8 Å². The van der Waals surface area contributed by atoms with Crippen molar-refractivity contribution >= 4 is 35.0 Å². The van der Waals surface area contributed by atoms with Gasteiger partial charge in [-0.3, -0.25) is 0 Å². The van der Waals surface area contributed by atoms with E-state index in [1.165, 1.54) is 11.8 Å². The van der Waals surface area contributed by atoms with Crippen LogP contribution in [0.25, 0.3) is 0 Å². The number of benzene rings is 1. The van der Waals surface area contributed by atoms with Crippen LogP contribution in [0.2, 0.25) is 5.02 Å². The highest BCUT2D eigenvalue weighted by molar-refractivity contribution is 7.99. The molecule has 0 unspecified atom stereocenters. The summed E-state index contributed by atoms with van der Waals surface area (Å²) in [6, 6.07) is 8.54. The lowest BCUT2D eigenvalue weighted by molar-refractivity contribution is 0.0696. The van der Waals surface area contributed by atoms with Gasteiger partial charge in [-0.1, -0.05) is 17.7 Å². The minimum atomic E-state index is -0.960. The van der Waals surface area contributed by atoms with E-state index in [4.69, 9.17) is 22.4 Å². The molecule has 0 saturated heterocycles. The predicted molar refractivity (Wildman–Crippen MR) is 81.5 cm³/mol. The number of hydrogen-bond acceptors (Lipinski definition) is 4. The van der Waals surface area contributed by atoms with Crippen molar-refractivity contribution in [3.05, 3.63) is 52.7 Å². The third kappa shape index (κ3) is 3.65. The summed E-state index contributed by atoms with van der Waals surface area (Å²) < 4.78 is 0. The van der Waals surface area contributed by atoms with Crippen LogP contribution in [0.15, 0.2) is 41.6 Å². The largest absolute Gasteiger partial charge is 0.478 e. The molecule has 2 rings (SSSR count). The van der Waals surface area contributed by atoms with Gasteiger partial charge in [-0.05, 0) is 36.2 Å². The minimum Gasteiger partial charge on any atom is -0.478 e. The highest BCUT2D eigenvalue weighted by atomic mass is 35.5. The molecule has 1 heterocycles. The molecule has 0 fully saturated rings. The van der Waals surface area contributed by atoms with Crippen LogP contribution in [-0.4, -0.2) is 21.8 Å². The highest BCUT2D eigenvalue weighted by Crippen LogP contribution is 2.24. The van der Waals surface area contributed by atoms with Crippen LogP contribution in [0.1, 0.15) is 15.9 Å². The molecule has 4 nitrogen and oxygen atoms in total. The molecule has 0 radical (unpaired) electrons. The zero-order valence-corrected chi connectivity index (χ0v) is 12.1. The van der Waals surface area contributed by atoms with Gasteiger partial charge in [0.15, 0.2) is 0 Å². The standard InChI is InChI=1S/C14H13ClN2O2S/c15-12-3-1-2-11(14(18)19)10(12)6-7-20-13-5-4-9(16)8-17-13/h1-5,8H,6-7,16H2,(H,18,19). The Morgan fingerprint density at radius 3 is 2.80 bits per heavy atom. The fraction of sp³-hybridized carbons (Fsp3) is 0.143. The van der Waals surface area contributed by atoms with Crippen LogP contribution in [0.4, 0.5) is 5.69 Å². The van der Waals surface area contributed by atoms with Crippen molar-refractivity contribution < 1.29 is 9.90 Å². The molecule has 0 aliphatic heterocycles. The van der Waals surface area contributed by atoms with Gasteiger partial charge in [-0.25, -0.2) is 9.78 Å². The lowest BCUT2D eigenvalue weighted by atomic mass is 10.1. The van der Waals surface area contributed by atoms with Gasteiger partial charge in [0.05, 0.1) is 22.5 Å². The van der Waals surface area contributed by atoms with Crippen molar-refractivity contribution in [1.82, 2.24) is 4.98 Å². The highest BCUT2D eigenvalue weighted by Gasteiger charge is 2.12. The van der Waals surface area contributed by atoms with E-state index in [9.17, 15) is 4.79 Å². The summed E-state index contributed by atoms with van der Waals surface area (Å²) in [4.78, 5) is 15.3. The van der Waals surface area contributed by atoms with Crippen LogP contribution in [0.5, 0.6) is 0 Å². The van der Waals surface area contributed by atoms with Gasteiger partial charge in [0, 0.05) is 10.8 Å². The van der Waals surface area contributed by atoms with Crippen LogP contribution in [0, 0.1) is 0 Å². The van der Waals surface area contributed by atoms with E-state index in [0.29, 0.717) is 28.4 Å². The number of nitrogens with zero attached hydrogens (tertiary/aromatic N) is 1. The molecule has 1 aromatic carbocycles. The second-order valence-electron chi connectivity index (χ2n) is 4.10. The summed E-state index contributed by atoms with van der Waals surface area (Å²) in [5.41, 5.74) is 7.09. The van der Waals surface area contributed by atoms with Crippen molar-refractivity contribution in [3.8, 4) is 0 Å². The number of carbonyl (C=O) groups is 1. The van der Waals surface area contributed by atoms with E-state index in [2.05, 4.69) is 4.98 Å². The first-order valence-electron chi connectivity index (χ1n) is 5.93. The molecule has 1 aromatic heterocycles. The van der Waals surface area contributed by atoms with E-state index in [-0.39, 0.29) is 5.56 Å². The smallest absolute Gasteiger partial charge is 0.336 e. The first-order chi connectivity index (χ1) is 9.58. The number of anilines is 1. The van der Waals surface area contributed by atoms with Gasteiger partial charge < -0.3 is 10.8 Å². The van der Waals surface area contributed by atoms with Gasteiger partial charge in [0.2, 0.25) is 0 Å². The first kappa shape index (κ1) is 14.7. The first-order valence-corrected chi connectivity index (χ1v) is 7.29. The van der Waals surface area contributed by atoms with E-state index < -0.39 is 5.97 Å². The normalized spacial score (nSPS) is 10.4. The fourth-order valence-electron chi connectivity index (χ4n) is 1.75. The molecule has 3 N–H and O–H groups in total. The van der Waals surface area contributed by atoms with Crippen molar-refractivity contribution in [3.63, 3.8) is 0 Å². The molecule has 0 atom stereocenters. The number of nitrogens with two attached hydrogens (primary N) is 1. The number of hydrogen-bond donors (Lipinski definition) is 2. The van der Waals surface area contributed by atoms with E-state index in [0.717, 1.165) is 5.03 Å². The fourth-order valence-corrected chi connectivity index (χ4v) is 2.82. The monoisotopic (exact) mass is 308 g/mol. The Morgan fingerprint density at radius 2 is 2.15 bits per heavy atom. The maximum absolute atomic E-state index is 11.2. The quantitative estimate of drug-likeness (QED) is 0.828. The second-order valence-corrected chi connectivity index (χ2v) is 5.62. The third-order valence-electron chi connectivity index (χ3n) is 2.71. The van der Waals surface area contributed by atoms with Crippen LogP contribution < -0.4 is 5.73 Å². The Balaban J connectivity index is 2.04. The Labute approximate surface area is 126 Å². The summed E-state index contributed by atoms with van der Waals surface area (Å²) in [7, 11) is 0. The van der Waals surface area contributed by atoms with E-state index >= 15 is 0 Å². The molecule has 6 heteroatoms. The minimum absolute atomic E-state index is 0.253. The Hall–Kier alpha value is -1.72. The maximum Gasteiger partial charge on any atom is 0.336 e. The summed E-state index contributed by atoms with van der Waals surface area (Å²) in [6.07, 6.45) is 2.17. The van der Waals surface area contributed by atoms with Crippen LogP contribution in [-0.2, 0) is 6.42 Å². The number of pyridine rings is 1. The van der Waals surface area contributed by atoms with Gasteiger partial charge >= 0.3 is 5.97 Å². The summed E-state index contributed by atoms with van der Waals surface area (Å²) >= 11 is 7.61. The molecule has 0 amide bonds.